The fourth-order valence-electron chi connectivity index (χ4n) is 2.93. The van der Waals surface area contributed by atoms with Gasteiger partial charge in [-0.3, -0.25) is 9.78 Å². The zero-order valence-corrected chi connectivity index (χ0v) is 13.8. The van der Waals surface area contributed by atoms with Crippen LogP contribution in [0.5, 0.6) is 5.75 Å². The SMILES string of the molecule is O=C(NC1CCCCC1)c1ccc(COc2cc(F)cc(F)c2)nc1. The Hall–Kier alpha value is -2.50. The molecule has 1 aromatic carbocycles. The molecule has 6 heteroatoms. The van der Waals surface area contributed by atoms with E-state index in [0.717, 1.165) is 43.9 Å². The number of hydrogen-bond donors (Lipinski definition) is 1. The van der Waals surface area contributed by atoms with Gasteiger partial charge in [-0.15, -0.1) is 0 Å². The summed E-state index contributed by atoms with van der Waals surface area (Å²) in [5.74, 6) is -1.42. The Kier molecular flexibility index (Phi) is 5.58. The average Bonchev–Trinajstić information content (AvgIpc) is 2.60. The molecule has 0 atom stereocenters. The third-order valence-electron chi connectivity index (χ3n) is 4.25. The molecule has 0 aliphatic heterocycles. The molecule has 1 aliphatic rings. The standard InChI is InChI=1S/C19H20F2N2O2/c20-14-8-15(21)10-18(9-14)25-12-17-7-6-13(11-22-17)19(24)23-16-4-2-1-3-5-16/h6-11,16H,1-5,12H2,(H,23,24). The second-order valence-corrected chi connectivity index (χ2v) is 6.24. The number of hydrogen-bond acceptors (Lipinski definition) is 3. The smallest absolute Gasteiger partial charge is 0.253 e. The molecule has 1 heterocycles. The number of nitrogens with one attached hydrogen (secondary N) is 1. The zero-order chi connectivity index (χ0) is 17.6. The second kappa shape index (κ2) is 8.05. The van der Waals surface area contributed by atoms with Crippen LogP contribution in [0.1, 0.15) is 48.2 Å². The molecule has 0 saturated heterocycles. The highest BCUT2D eigenvalue weighted by Gasteiger charge is 2.16. The van der Waals surface area contributed by atoms with Crippen LogP contribution in [0.25, 0.3) is 0 Å². The van der Waals surface area contributed by atoms with Crippen LogP contribution in [-0.4, -0.2) is 16.9 Å². The first kappa shape index (κ1) is 17.3. The lowest BCUT2D eigenvalue weighted by Gasteiger charge is -2.22. The summed E-state index contributed by atoms with van der Waals surface area (Å²) < 4.78 is 31.5. The molecular formula is C19H20F2N2O2. The fraction of sp³-hybridized carbons (Fsp3) is 0.368. The van der Waals surface area contributed by atoms with Crippen molar-refractivity contribution < 1.29 is 18.3 Å². The van der Waals surface area contributed by atoms with Crippen molar-refractivity contribution in [2.45, 2.75) is 44.8 Å². The number of carbonyl (C=O) groups excluding carboxylic acids is 1. The van der Waals surface area contributed by atoms with Crippen molar-refractivity contribution in [2.75, 3.05) is 0 Å². The molecule has 4 nitrogen and oxygen atoms in total. The van der Waals surface area contributed by atoms with Gasteiger partial charge in [-0.25, -0.2) is 8.78 Å². The maximum atomic E-state index is 13.1. The fourth-order valence-corrected chi connectivity index (χ4v) is 2.93. The van der Waals surface area contributed by atoms with E-state index in [-0.39, 0.29) is 24.3 Å². The minimum Gasteiger partial charge on any atom is -0.487 e. The van der Waals surface area contributed by atoms with Crippen LogP contribution in [0, 0.1) is 11.6 Å². The van der Waals surface area contributed by atoms with Crippen molar-refractivity contribution in [1.29, 1.82) is 0 Å². The van der Waals surface area contributed by atoms with Crippen LogP contribution in [-0.2, 0) is 6.61 Å². The molecule has 1 saturated carbocycles. The van der Waals surface area contributed by atoms with Crippen LogP contribution in [0.4, 0.5) is 8.78 Å². The summed E-state index contributed by atoms with van der Waals surface area (Å²) in [6.07, 6.45) is 7.08. The lowest BCUT2D eigenvalue weighted by molar-refractivity contribution is 0.0927. The van der Waals surface area contributed by atoms with E-state index in [9.17, 15) is 13.6 Å². The molecule has 1 N–H and O–H groups in total. The molecule has 0 spiro atoms. The van der Waals surface area contributed by atoms with Gasteiger partial charge in [0, 0.05) is 30.4 Å². The molecule has 1 aromatic heterocycles. The van der Waals surface area contributed by atoms with Gasteiger partial charge >= 0.3 is 0 Å². The minimum absolute atomic E-state index is 0.0629. The first-order valence-corrected chi connectivity index (χ1v) is 8.45. The number of amides is 1. The first-order chi connectivity index (χ1) is 12.1. The van der Waals surface area contributed by atoms with Gasteiger partial charge in [0.25, 0.3) is 5.91 Å². The van der Waals surface area contributed by atoms with Crippen molar-refractivity contribution in [3.05, 3.63) is 59.4 Å². The Morgan fingerprint density at radius 1 is 1.12 bits per heavy atom. The maximum Gasteiger partial charge on any atom is 0.253 e. The number of rotatable bonds is 5. The van der Waals surface area contributed by atoms with Gasteiger partial charge in [-0.2, -0.15) is 0 Å². The number of halogens is 2. The molecule has 1 aliphatic carbocycles. The molecular weight excluding hydrogens is 326 g/mol. The van der Waals surface area contributed by atoms with Gasteiger partial charge in [-0.05, 0) is 25.0 Å². The van der Waals surface area contributed by atoms with Gasteiger partial charge in [0.1, 0.15) is 24.0 Å². The number of carbonyl (C=O) groups is 1. The maximum absolute atomic E-state index is 13.1. The van der Waals surface area contributed by atoms with Crippen LogP contribution >= 0.6 is 0 Å². The lowest BCUT2D eigenvalue weighted by Crippen LogP contribution is -2.36. The number of pyridine rings is 1. The molecule has 25 heavy (non-hydrogen) atoms. The lowest BCUT2D eigenvalue weighted by atomic mass is 9.95. The molecule has 0 unspecified atom stereocenters. The van der Waals surface area contributed by atoms with E-state index in [1.165, 1.54) is 12.6 Å². The van der Waals surface area contributed by atoms with E-state index in [2.05, 4.69) is 10.3 Å². The highest BCUT2D eigenvalue weighted by atomic mass is 19.1. The predicted molar refractivity (Wildman–Crippen MR) is 89.3 cm³/mol. The molecule has 0 radical (unpaired) electrons. The molecule has 132 valence electrons. The van der Waals surface area contributed by atoms with Gasteiger partial charge in [0.15, 0.2) is 0 Å². The van der Waals surface area contributed by atoms with E-state index < -0.39 is 11.6 Å². The summed E-state index contributed by atoms with van der Waals surface area (Å²) in [5, 5.41) is 3.03. The van der Waals surface area contributed by atoms with Crippen molar-refractivity contribution in [3.63, 3.8) is 0 Å². The molecule has 0 bridgehead atoms. The topological polar surface area (TPSA) is 51.2 Å². The largest absolute Gasteiger partial charge is 0.487 e. The molecule has 1 fully saturated rings. The molecule has 2 aromatic rings. The number of ether oxygens (including phenoxy) is 1. The van der Waals surface area contributed by atoms with Gasteiger partial charge in [-0.1, -0.05) is 19.3 Å². The molecule has 3 rings (SSSR count). The van der Waals surface area contributed by atoms with E-state index in [1.807, 2.05) is 0 Å². The van der Waals surface area contributed by atoms with Gasteiger partial charge in [0.2, 0.25) is 0 Å². The van der Waals surface area contributed by atoms with Crippen LogP contribution in [0.3, 0.4) is 0 Å². The monoisotopic (exact) mass is 346 g/mol. The first-order valence-electron chi connectivity index (χ1n) is 8.45. The van der Waals surface area contributed by atoms with E-state index >= 15 is 0 Å². The van der Waals surface area contributed by atoms with Gasteiger partial charge in [0.05, 0.1) is 11.3 Å². The summed E-state index contributed by atoms with van der Waals surface area (Å²) >= 11 is 0. The summed E-state index contributed by atoms with van der Waals surface area (Å²) in [6.45, 7) is 0.0629. The second-order valence-electron chi connectivity index (χ2n) is 6.24. The third-order valence-corrected chi connectivity index (χ3v) is 4.25. The minimum atomic E-state index is -0.697. The average molecular weight is 346 g/mol. The quantitative estimate of drug-likeness (QED) is 0.890. The highest BCUT2D eigenvalue weighted by Crippen LogP contribution is 2.18. The van der Waals surface area contributed by atoms with Crippen molar-refractivity contribution >= 4 is 5.91 Å². The van der Waals surface area contributed by atoms with Crippen molar-refractivity contribution in [2.24, 2.45) is 0 Å². The number of aromatic nitrogens is 1. The predicted octanol–water partition coefficient (Wildman–Crippen LogP) is 4.00. The Morgan fingerprint density at radius 3 is 2.48 bits per heavy atom. The van der Waals surface area contributed by atoms with Crippen LogP contribution in [0.15, 0.2) is 36.5 Å². The van der Waals surface area contributed by atoms with Crippen LogP contribution in [0.2, 0.25) is 0 Å². The highest BCUT2D eigenvalue weighted by molar-refractivity contribution is 5.94. The molecule has 1 amide bonds. The normalized spacial score (nSPS) is 15.0. The number of benzene rings is 1. The summed E-state index contributed by atoms with van der Waals surface area (Å²) in [6, 6.07) is 6.59. The number of nitrogens with zero attached hydrogens (tertiary/aromatic N) is 1. The van der Waals surface area contributed by atoms with Crippen molar-refractivity contribution in [1.82, 2.24) is 10.3 Å². The summed E-state index contributed by atoms with van der Waals surface area (Å²) in [7, 11) is 0. The Balaban J connectivity index is 1.55. The summed E-state index contributed by atoms with van der Waals surface area (Å²) in [5.41, 5.74) is 1.06. The Labute approximate surface area is 145 Å². The zero-order valence-electron chi connectivity index (χ0n) is 13.8. The Bertz CT molecular complexity index is 708. The Morgan fingerprint density at radius 2 is 1.84 bits per heavy atom. The van der Waals surface area contributed by atoms with Crippen LogP contribution < -0.4 is 10.1 Å². The van der Waals surface area contributed by atoms with E-state index in [1.54, 1.807) is 12.1 Å². The van der Waals surface area contributed by atoms with Crippen molar-refractivity contribution in [3.8, 4) is 5.75 Å². The third kappa shape index (κ3) is 4.98. The van der Waals surface area contributed by atoms with E-state index in [0.29, 0.717) is 11.3 Å². The van der Waals surface area contributed by atoms with Gasteiger partial charge < -0.3 is 10.1 Å². The summed E-state index contributed by atoms with van der Waals surface area (Å²) in [4.78, 5) is 16.4. The van der Waals surface area contributed by atoms with E-state index in [4.69, 9.17) is 4.74 Å².